The number of carbonyl (C=O) groups excluding carboxylic acids is 1. The molecule has 7 heteroatoms. The van der Waals surface area contributed by atoms with Crippen LogP contribution in [0.2, 0.25) is 0 Å². The topological polar surface area (TPSA) is 38.1 Å². The highest BCUT2D eigenvalue weighted by atomic mass is 19.4. The fourth-order valence-electron chi connectivity index (χ4n) is 3.94. The summed E-state index contributed by atoms with van der Waals surface area (Å²) in [4.78, 5) is 19.0. The molecule has 0 fully saturated rings. The third kappa shape index (κ3) is 2.53. The summed E-state index contributed by atoms with van der Waals surface area (Å²) in [5, 5.41) is 0. The van der Waals surface area contributed by atoms with Gasteiger partial charge in [0.1, 0.15) is 5.69 Å². The predicted molar refractivity (Wildman–Crippen MR) is 85.0 cm³/mol. The van der Waals surface area contributed by atoms with Gasteiger partial charge in [-0.1, -0.05) is 0 Å². The minimum atomic E-state index is -4.47. The maximum atomic E-state index is 12.9. The van der Waals surface area contributed by atoms with Crippen LogP contribution in [0.25, 0.3) is 0 Å². The molecule has 0 aromatic carbocycles. The van der Waals surface area contributed by atoms with Gasteiger partial charge in [-0.05, 0) is 48.9 Å². The van der Waals surface area contributed by atoms with E-state index in [1.165, 1.54) is 24.4 Å². The fourth-order valence-corrected chi connectivity index (χ4v) is 3.94. The van der Waals surface area contributed by atoms with Crippen LogP contribution in [0, 0.1) is 6.92 Å². The Labute approximate surface area is 143 Å². The van der Waals surface area contributed by atoms with Crippen molar-refractivity contribution in [1.29, 1.82) is 0 Å². The standard InChI is InChI=1S/C18H18F3N3O/c1-10-12-4-3-5-14(12)22-15-9-24(8-13(10)15)17(25)11-6-16(18(19,20)21)23(2)7-11/h6-7H,3-5,8-9H2,1-2H3. The Morgan fingerprint density at radius 2 is 1.92 bits per heavy atom. The third-order valence-corrected chi connectivity index (χ3v) is 5.23. The van der Waals surface area contributed by atoms with Crippen molar-refractivity contribution in [3.63, 3.8) is 0 Å². The van der Waals surface area contributed by atoms with Crippen LogP contribution in [0.1, 0.15) is 50.6 Å². The van der Waals surface area contributed by atoms with Crippen molar-refractivity contribution < 1.29 is 18.0 Å². The van der Waals surface area contributed by atoms with Crippen LogP contribution in [0.3, 0.4) is 0 Å². The first kappa shape index (κ1) is 16.2. The molecule has 0 saturated heterocycles. The SMILES string of the molecule is Cc1c2c(nc3c1CN(C(=O)c1cc(C(F)(F)F)n(C)c1)C3)CCC2. The second kappa shape index (κ2) is 5.34. The lowest BCUT2D eigenvalue weighted by Gasteiger charge is -2.14. The number of aryl methyl sites for hydroxylation is 2. The second-order valence-electron chi connectivity index (χ2n) is 6.82. The van der Waals surface area contributed by atoms with Crippen LogP contribution < -0.4 is 0 Å². The molecule has 25 heavy (non-hydrogen) atoms. The van der Waals surface area contributed by atoms with E-state index in [4.69, 9.17) is 4.98 Å². The zero-order valence-corrected chi connectivity index (χ0v) is 14.1. The average molecular weight is 349 g/mol. The van der Waals surface area contributed by atoms with Gasteiger partial charge in [0, 0.05) is 25.5 Å². The largest absolute Gasteiger partial charge is 0.431 e. The molecule has 1 amide bonds. The lowest BCUT2D eigenvalue weighted by Crippen LogP contribution is -2.25. The molecule has 2 aromatic heterocycles. The Morgan fingerprint density at radius 1 is 1.16 bits per heavy atom. The Kier molecular flexibility index (Phi) is 3.46. The summed E-state index contributed by atoms with van der Waals surface area (Å²) in [5.74, 6) is -0.386. The molecule has 0 bridgehead atoms. The molecule has 0 radical (unpaired) electrons. The molecular weight excluding hydrogens is 331 g/mol. The molecule has 132 valence electrons. The second-order valence-corrected chi connectivity index (χ2v) is 6.82. The first-order valence-electron chi connectivity index (χ1n) is 8.28. The van der Waals surface area contributed by atoms with Crippen LogP contribution in [0.4, 0.5) is 13.2 Å². The monoisotopic (exact) mass is 349 g/mol. The van der Waals surface area contributed by atoms with E-state index in [-0.39, 0.29) is 11.5 Å². The normalized spacial score (nSPS) is 16.3. The summed E-state index contributed by atoms with van der Waals surface area (Å²) in [6.45, 7) is 2.83. The lowest BCUT2D eigenvalue weighted by atomic mass is 10.0. The number of hydrogen-bond donors (Lipinski definition) is 0. The van der Waals surface area contributed by atoms with Gasteiger partial charge in [-0.2, -0.15) is 13.2 Å². The van der Waals surface area contributed by atoms with Crippen molar-refractivity contribution in [2.45, 2.75) is 45.5 Å². The number of fused-ring (bicyclic) bond motifs is 2. The molecule has 0 N–H and O–H groups in total. The number of nitrogens with zero attached hydrogens (tertiary/aromatic N) is 3. The molecule has 0 saturated carbocycles. The molecule has 2 aliphatic rings. The summed E-state index contributed by atoms with van der Waals surface area (Å²) in [7, 11) is 1.30. The van der Waals surface area contributed by atoms with E-state index in [0.29, 0.717) is 13.1 Å². The Hall–Kier alpha value is -2.31. The van der Waals surface area contributed by atoms with E-state index in [9.17, 15) is 18.0 Å². The lowest BCUT2D eigenvalue weighted by molar-refractivity contribution is -0.143. The van der Waals surface area contributed by atoms with Gasteiger partial charge in [0.2, 0.25) is 0 Å². The van der Waals surface area contributed by atoms with Crippen LogP contribution in [0.15, 0.2) is 12.3 Å². The number of amides is 1. The number of alkyl halides is 3. The van der Waals surface area contributed by atoms with E-state index >= 15 is 0 Å². The highest BCUT2D eigenvalue weighted by Crippen LogP contribution is 2.34. The number of aromatic nitrogens is 2. The molecule has 0 spiro atoms. The van der Waals surface area contributed by atoms with Gasteiger partial charge < -0.3 is 9.47 Å². The summed E-state index contributed by atoms with van der Waals surface area (Å²) in [6.07, 6.45) is -0.137. The van der Waals surface area contributed by atoms with Gasteiger partial charge in [0.25, 0.3) is 5.91 Å². The highest BCUT2D eigenvalue weighted by molar-refractivity contribution is 5.94. The summed E-state index contributed by atoms with van der Waals surface area (Å²) < 4.78 is 39.8. The van der Waals surface area contributed by atoms with Crippen LogP contribution in [0.5, 0.6) is 0 Å². The average Bonchev–Trinajstić information content (AvgIpc) is 3.23. The third-order valence-electron chi connectivity index (χ3n) is 5.23. The number of halogens is 3. The zero-order valence-electron chi connectivity index (χ0n) is 14.1. The molecule has 0 unspecified atom stereocenters. The van der Waals surface area contributed by atoms with Gasteiger partial charge in [-0.25, -0.2) is 0 Å². The molecular formula is C18H18F3N3O. The molecule has 1 aliphatic heterocycles. The summed E-state index contributed by atoms with van der Waals surface area (Å²) in [5.41, 5.74) is 4.78. The Bertz CT molecular complexity index is 883. The first-order valence-corrected chi connectivity index (χ1v) is 8.28. The number of hydrogen-bond acceptors (Lipinski definition) is 2. The minimum absolute atomic E-state index is 0.0628. The van der Waals surface area contributed by atoms with Crippen molar-refractivity contribution in [2.75, 3.05) is 0 Å². The van der Waals surface area contributed by atoms with E-state index < -0.39 is 11.9 Å². The quantitative estimate of drug-likeness (QED) is 0.791. The van der Waals surface area contributed by atoms with Crippen molar-refractivity contribution in [1.82, 2.24) is 14.5 Å². The van der Waals surface area contributed by atoms with Crippen molar-refractivity contribution >= 4 is 5.91 Å². The van der Waals surface area contributed by atoms with E-state index in [0.717, 1.165) is 46.8 Å². The van der Waals surface area contributed by atoms with Gasteiger partial charge in [0.15, 0.2) is 0 Å². The van der Waals surface area contributed by atoms with E-state index in [1.807, 2.05) is 0 Å². The number of carbonyl (C=O) groups is 1. The van der Waals surface area contributed by atoms with Gasteiger partial charge >= 0.3 is 6.18 Å². The Balaban J connectivity index is 1.62. The summed E-state index contributed by atoms with van der Waals surface area (Å²) in [6, 6.07) is 0.922. The maximum absolute atomic E-state index is 12.9. The fraction of sp³-hybridized carbons (Fsp3) is 0.444. The molecule has 3 heterocycles. The van der Waals surface area contributed by atoms with Crippen LogP contribution >= 0.6 is 0 Å². The van der Waals surface area contributed by atoms with Gasteiger partial charge in [-0.3, -0.25) is 9.78 Å². The number of rotatable bonds is 1. The van der Waals surface area contributed by atoms with Gasteiger partial charge in [0.05, 0.1) is 17.8 Å². The number of pyridine rings is 1. The summed E-state index contributed by atoms with van der Waals surface area (Å²) >= 11 is 0. The van der Waals surface area contributed by atoms with E-state index in [1.54, 1.807) is 4.90 Å². The highest BCUT2D eigenvalue weighted by Gasteiger charge is 2.36. The smallest absolute Gasteiger partial charge is 0.346 e. The zero-order chi connectivity index (χ0) is 17.9. The van der Waals surface area contributed by atoms with Gasteiger partial charge in [-0.15, -0.1) is 0 Å². The van der Waals surface area contributed by atoms with Crippen LogP contribution in [-0.2, 0) is 39.2 Å². The molecule has 0 atom stereocenters. The van der Waals surface area contributed by atoms with Crippen molar-refractivity contribution in [3.05, 3.63) is 51.6 Å². The predicted octanol–water partition coefficient (Wildman–Crippen LogP) is 3.39. The Morgan fingerprint density at radius 3 is 2.60 bits per heavy atom. The molecule has 2 aromatic rings. The molecule has 4 rings (SSSR count). The van der Waals surface area contributed by atoms with Crippen molar-refractivity contribution in [3.8, 4) is 0 Å². The molecule has 4 nitrogen and oxygen atoms in total. The maximum Gasteiger partial charge on any atom is 0.431 e. The first-order chi connectivity index (χ1) is 11.8. The van der Waals surface area contributed by atoms with Crippen LogP contribution in [-0.4, -0.2) is 20.4 Å². The van der Waals surface area contributed by atoms with Crippen molar-refractivity contribution in [2.24, 2.45) is 7.05 Å². The minimum Gasteiger partial charge on any atom is -0.346 e. The molecule has 1 aliphatic carbocycles. The van der Waals surface area contributed by atoms with E-state index in [2.05, 4.69) is 6.92 Å².